The normalized spacial score (nSPS) is 25.0. The second kappa shape index (κ2) is 11.2. The van der Waals surface area contributed by atoms with E-state index >= 15 is 0 Å². The highest BCUT2D eigenvalue weighted by molar-refractivity contribution is 4.81. The highest BCUT2D eigenvalue weighted by atomic mass is 14.0. The molecule has 0 amide bonds. The molecule has 0 aromatic carbocycles. The van der Waals surface area contributed by atoms with Crippen molar-refractivity contribution in [1.82, 2.24) is 0 Å². The Morgan fingerprint density at radius 3 is 0.875 bits per heavy atom. The number of allylic oxidation sites excluding steroid dienone is 2. The van der Waals surface area contributed by atoms with Crippen molar-refractivity contribution < 1.29 is 0 Å². The molecule has 1 aliphatic carbocycles. The molecule has 0 aromatic rings. The first-order valence-corrected chi connectivity index (χ1v) is 7.65. The lowest BCUT2D eigenvalue weighted by Crippen LogP contribution is -1.83. The lowest BCUT2D eigenvalue weighted by Gasteiger charge is -2.03. The van der Waals surface area contributed by atoms with Gasteiger partial charge in [-0.1, -0.05) is 76.4 Å². The van der Waals surface area contributed by atoms with Crippen LogP contribution in [0.3, 0.4) is 0 Å². The Bertz CT molecular complexity index is 139. The maximum absolute atomic E-state index is 2.41. The summed E-state index contributed by atoms with van der Waals surface area (Å²) in [6, 6.07) is 0. The first-order chi connectivity index (χ1) is 8.00. The Balaban J connectivity index is 2.07. The second-order valence-electron chi connectivity index (χ2n) is 5.29. The molecular formula is C16H30. The lowest BCUT2D eigenvalue weighted by molar-refractivity contribution is 0.540. The van der Waals surface area contributed by atoms with Crippen LogP contribution in [0, 0.1) is 0 Å². The number of hydrogen-bond donors (Lipinski definition) is 0. The van der Waals surface area contributed by atoms with Crippen molar-refractivity contribution in [3.05, 3.63) is 12.2 Å². The second-order valence-corrected chi connectivity index (χ2v) is 5.29. The van der Waals surface area contributed by atoms with Gasteiger partial charge in [-0.05, 0) is 25.7 Å². The summed E-state index contributed by atoms with van der Waals surface area (Å²) < 4.78 is 0. The van der Waals surface area contributed by atoms with Gasteiger partial charge in [0.05, 0.1) is 0 Å². The van der Waals surface area contributed by atoms with Crippen molar-refractivity contribution in [2.75, 3.05) is 0 Å². The molecule has 94 valence electrons. The van der Waals surface area contributed by atoms with E-state index in [9.17, 15) is 0 Å². The van der Waals surface area contributed by atoms with Gasteiger partial charge in [0.1, 0.15) is 0 Å². The molecule has 16 heavy (non-hydrogen) atoms. The Labute approximate surface area is 103 Å². The zero-order chi connectivity index (χ0) is 11.3. The van der Waals surface area contributed by atoms with E-state index in [1.165, 1.54) is 89.9 Å². The molecule has 0 aliphatic heterocycles. The van der Waals surface area contributed by atoms with Crippen LogP contribution >= 0.6 is 0 Å². The zero-order valence-electron chi connectivity index (χ0n) is 11.1. The molecule has 1 aliphatic rings. The molecule has 0 atom stereocenters. The molecule has 0 N–H and O–H groups in total. The minimum Gasteiger partial charge on any atom is -0.0885 e. The smallest absolute Gasteiger partial charge is 0.0351 e. The van der Waals surface area contributed by atoms with Gasteiger partial charge in [0, 0.05) is 0 Å². The van der Waals surface area contributed by atoms with E-state index in [0.717, 1.165) is 0 Å². The third-order valence-electron chi connectivity index (χ3n) is 3.66. The summed E-state index contributed by atoms with van der Waals surface area (Å²) in [6.07, 6.45) is 25.0. The molecule has 0 nitrogen and oxygen atoms in total. The molecule has 0 spiro atoms. The van der Waals surface area contributed by atoms with Crippen LogP contribution in [0.5, 0.6) is 0 Å². The minimum absolute atomic E-state index is 1.32. The van der Waals surface area contributed by atoms with Gasteiger partial charge >= 0.3 is 0 Å². The Kier molecular flexibility index (Phi) is 9.69. The summed E-state index contributed by atoms with van der Waals surface area (Å²) in [4.78, 5) is 0. The Morgan fingerprint density at radius 1 is 0.312 bits per heavy atom. The van der Waals surface area contributed by atoms with Gasteiger partial charge in [-0.15, -0.1) is 0 Å². The molecule has 0 saturated carbocycles. The van der Waals surface area contributed by atoms with Crippen molar-refractivity contribution in [1.29, 1.82) is 0 Å². The molecular weight excluding hydrogens is 192 g/mol. The van der Waals surface area contributed by atoms with Gasteiger partial charge in [-0.2, -0.15) is 0 Å². The van der Waals surface area contributed by atoms with Crippen LogP contribution in [0.15, 0.2) is 12.2 Å². The largest absolute Gasteiger partial charge is 0.0885 e. The number of rotatable bonds is 0. The topological polar surface area (TPSA) is 0 Å². The molecule has 0 saturated heterocycles. The third-order valence-corrected chi connectivity index (χ3v) is 3.66. The molecule has 0 unspecified atom stereocenters. The predicted molar refractivity (Wildman–Crippen MR) is 73.8 cm³/mol. The van der Waals surface area contributed by atoms with Crippen molar-refractivity contribution in [2.24, 2.45) is 0 Å². The van der Waals surface area contributed by atoms with Crippen LogP contribution < -0.4 is 0 Å². The molecule has 0 heterocycles. The summed E-state index contributed by atoms with van der Waals surface area (Å²) in [6.45, 7) is 0. The summed E-state index contributed by atoms with van der Waals surface area (Å²) in [7, 11) is 0. The van der Waals surface area contributed by atoms with Crippen molar-refractivity contribution in [2.45, 2.75) is 89.9 Å². The van der Waals surface area contributed by atoms with E-state index in [2.05, 4.69) is 12.2 Å². The first kappa shape index (κ1) is 13.8. The highest BCUT2D eigenvalue weighted by Gasteiger charge is 1.94. The summed E-state index contributed by atoms with van der Waals surface area (Å²) in [5, 5.41) is 0. The predicted octanol–water partition coefficient (Wildman–Crippen LogP) is 6.02. The third kappa shape index (κ3) is 9.00. The monoisotopic (exact) mass is 222 g/mol. The molecule has 0 heteroatoms. The summed E-state index contributed by atoms with van der Waals surface area (Å²) in [5.41, 5.74) is 0. The average molecular weight is 222 g/mol. The van der Waals surface area contributed by atoms with Gasteiger partial charge in [0.25, 0.3) is 0 Å². The van der Waals surface area contributed by atoms with Crippen molar-refractivity contribution in [3.63, 3.8) is 0 Å². The molecule has 0 aromatic heterocycles. The van der Waals surface area contributed by atoms with Crippen molar-refractivity contribution >= 4 is 0 Å². The summed E-state index contributed by atoms with van der Waals surface area (Å²) >= 11 is 0. The van der Waals surface area contributed by atoms with Crippen LogP contribution in [0.25, 0.3) is 0 Å². The van der Waals surface area contributed by atoms with E-state index in [0.29, 0.717) is 0 Å². The van der Waals surface area contributed by atoms with Gasteiger partial charge in [0.15, 0.2) is 0 Å². The fraction of sp³-hybridized carbons (Fsp3) is 0.875. The van der Waals surface area contributed by atoms with Crippen LogP contribution in [0.2, 0.25) is 0 Å². The van der Waals surface area contributed by atoms with Crippen LogP contribution in [0.4, 0.5) is 0 Å². The fourth-order valence-electron chi connectivity index (χ4n) is 2.53. The quantitative estimate of drug-likeness (QED) is 0.440. The van der Waals surface area contributed by atoms with Crippen molar-refractivity contribution in [3.8, 4) is 0 Å². The average Bonchev–Trinajstić information content (AvgIpc) is 2.29. The van der Waals surface area contributed by atoms with E-state index < -0.39 is 0 Å². The van der Waals surface area contributed by atoms with E-state index in [1.807, 2.05) is 0 Å². The molecule has 0 radical (unpaired) electrons. The van der Waals surface area contributed by atoms with E-state index in [4.69, 9.17) is 0 Å². The Hall–Kier alpha value is -0.260. The SMILES string of the molecule is C1=C\CCCCCCCCCCCCCC/1. The standard InChI is InChI=1S/C16H30/c1-2-4-6-8-10-12-14-16-15-13-11-9-7-5-3-1/h1-2H,3-16H2/b2-1-. The van der Waals surface area contributed by atoms with E-state index in [-0.39, 0.29) is 0 Å². The first-order valence-electron chi connectivity index (χ1n) is 7.65. The van der Waals surface area contributed by atoms with Gasteiger partial charge in [0.2, 0.25) is 0 Å². The minimum atomic E-state index is 1.32. The maximum Gasteiger partial charge on any atom is -0.0351 e. The lowest BCUT2D eigenvalue weighted by atomic mass is 10.0. The van der Waals surface area contributed by atoms with Crippen LogP contribution in [0.1, 0.15) is 89.9 Å². The molecule has 0 fully saturated rings. The fourth-order valence-corrected chi connectivity index (χ4v) is 2.53. The molecule has 1 rings (SSSR count). The molecule has 0 bridgehead atoms. The van der Waals surface area contributed by atoms with Gasteiger partial charge in [-0.25, -0.2) is 0 Å². The zero-order valence-corrected chi connectivity index (χ0v) is 11.1. The Morgan fingerprint density at radius 2 is 0.562 bits per heavy atom. The van der Waals surface area contributed by atoms with Gasteiger partial charge in [-0.3, -0.25) is 0 Å². The van der Waals surface area contributed by atoms with Gasteiger partial charge < -0.3 is 0 Å². The maximum atomic E-state index is 2.41. The number of hydrogen-bond acceptors (Lipinski definition) is 0. The van der Waals surface area contributed by atoms with Crippen LogP contribution in [-0.2, 0) is 0 Å². The highest BCUT2D eigenvalue weighted by Crippen LogP contribution is 2.14. The van der Waals surface area contributed by atoms with Crippen LogP contribution in [-0.4, -0.2) is 0 Å². The van der Waals surface area contributed by atoms with E-state index in [1.54, 1.807) is 0 Å². The summed E-state index contributed by atoms with van der Waals surface area (Å²) in [5.74, 6) is 0.